The molecule has 3 rings (SSSR count). The van der Waals surface area contributed by atoms with Crippen LogP contribution >= 0.6 is 0 Å². The average molecular weight is 362 g/mol. The number of carboxylic acid groups (broad SMARTS) is 1. The first-order valence-corrected chi connectivity index (χ1v) is 8.76. The molecule has 27 heavy (non-hydrogen) atoms. The highest BCUT2D eigenvalue weighted by molar-refractivity contribution is 5.71. The Kier molecular flexibility index (Phi) is 5.84. The van der Waals surface area contributed by atoms with E-state index in [-0.39, 0.29) is 19.1 Å². The molecule has 0 bridgehead atoms. The van der Waals surface area contributed by atoms with E-state index < -0.39 is 5.97 Å². The number of benzene rings is 2. The molecule has 0 aliphatic carbocycles. The minimum atomic E-state index is -0.889. The molecule has 0 unspecified atom stereocenters. The van der Waals surface area contributed by atoms with Crippen LogP contribution < -0.4 is 10.5 Å². The molecular formula is C22H22N2O3. The number of aromatic nitrogens is 1. The maximum absolute atomic E-state index is 11.0. The van der Waals surface area contributed by atoms with Gasteiger partial charge in [-0.1, -0.05) is 36.4 Å². The van der Waals surface area contributed by atoms with Gasteiger partial charge >= 0.3 is 5.97 Å². The van der Waals surface area contributed by atoms with Crippen molar-refractivity contribution in [3.05, 3.63) is 83.7 Å². The highest BCUT2D eigenvalue weighted by Crippen LogP contribution is 2.24. The average Bonchev–Trinajstić information content (AvgIpc) is 2.67. The number of pyridine rings is 1. The Balaban J connectivity index is 1.77. The van der Waals surface area contributed by atoms with Gasteiger partial charge in [-0.05, 0) is 47.9 Å². The van der Waals surface area contributed by atoms with Crippen LogP contribution in [-0.4, -0.2) is 16.1 Å². The Hall–Kier alpha value is -3.18. The molecule has 1 atom stereocenters. The van der Waals surface area contributed by atoms with Crippen LogP contribution in [0, 0.1) is 0 Å². The summed E-state index contributed by atoms with van der Waals surface area (Å²) in [5.41, 5.74) is 10.6. The van der Waals surface area contributed by atoms with E-state index in [2.05, 4.69) is 11.1 Å². The molecule has 3 aromatic rings. The van der Waals surface area contributed by atoms with E-state index in [4.69, 9.17) is 15.6 Å². The van der Waals surface area contributed by atoms with E-state index in [0.29, 0.717) is 11.3 Å². The molecule has 3 N–H and O–H groups in total. The first-order valence-electron chi connectivity index (χ1n) is 8.76. The zero-order chi connectivity index (χ0) is 19.2. The summed E-state index contributed by atoms with van der Waals surface area (Å²) in [6.07, 6.45) is 1.67. The molecule has 0 saturated carbocycles. The molecule has 5 heteroatoms. The van der Waals surface area contributed by atoms with E-state index in [1.165, 1.54) is 0 Å². The number of hydrogen-bond acceptors (Lipinski definition) is 4. The lowest BCUT2D eigenvalue weighted by Crippen LogP contribution is -2.05. The molecule has 0 saturated heterocycles. The van der Waals surface area contributed by atoms with Gasteiger partial charge in [-0.25, -0.2) is 0 Å². The lowest BCUT2D eigenvalue weighted by atomic mass is 10.0. The third-order valence-electron chi connectivity index (χ3n) is 4.25. The summed E-state index contributed by atoms with van der Waals surface area (Å²) in [5, 5.41) is 9.02. The fourth-order valence-electron chi connectivity index (χ4n) is 2.84. The summed E-state index contributed by atoms with van der Waals surface area (Å²) in [7, 11) is 0. The number of aliphatic carboxylic acids is 1. The summed E-state index contributed by atoms with van der Waals surface area (Å²) < 4.78 is 5.83. The van der Waals surface area contributed by atoms with Gasteiger partial charge < -0.3 is 15.6 Å². The number of para-hydroxylation sites is 1. The van der Waals surface area contributed by atoms with E-state index >= 15 is 0 Å². The summed E-state index contributed by atoms with van der Waals surface area (Å²) in [4.78, 5) is 15.4. The molecule has 1 heterocycles. The number of carbonyl (C=O) groups is 1. The highest BCUT2D eigenvalue weighted by Gasteiger charge is 2.09. The van der Waals surface area contributed by atoms with Crippen LogP contribution in [0.2, 0.25) is 0 Å². The van der Waals surface area contributed by atoms with Crippen molar-refractivity contribution in [2.45, 2.75) is 26.0 Å². The van der Waals surface area contributed by atoms with Gasteiger partial charge in [-0.3, -0.25) is 9.78 Å². The summed E-state index contributed by atoms with van der Waals surface area (Å²) in [5.74, 6) is -0.328. The Morgan fingerprint density at radius 2 is 1.89 bits per heavy atom. The van der Waals surface area contributed by atoms with Crippen molar-refractivity contribution in [3.63, 3.8) is 0 Å². The number of ether oxygens (including phenoxy) is 1. The monoisotopic (exact) mass is 362 g/mol. The van der Waals surface area contributed by atoms with Crippen LogP contribution in [0.4, 0.5) is 0 Å². The normalized spacial score (nSPS) is 11.8. The van der Waals surface area contributed by atoms with E-state index in [1.807, 2.05) is 43.3 Å². The molecular weight excluding hydrogens is 340 g/mol. The maximum atomic E-state index is 11.0. The first kappa shape index (κ1) is 18.6. The van der Waals surface area contributed by atoms with E-state index in [9.17, 15) is 4.79 Å². The van der Waals surface area contributed by atoms with Gasteiger partial charge in [-0.2, -0.15) is 0 Å². The van der Waals surface area contributed by atoms with Gasteiger partial charge in [-0.15, -0.1) is 0 Å². The fourth-order valence-corrected chi connectivity index (χ4v) is 2.84. The Labute approximate surface area is 158 Å². The molecule has 0 aliphatic rings. The predicted octanol–water partition coefficient (Wildman–Crippen LogP) is 3.97. The summed E-state index contributed by atoms with van der Waals surface area (Å²) in [6, 6.07) is 19.2. The molecule has 0 radical (unpaired) electrons. The second-order valence-corrected chi connectivity index (χ2v) is 6.42. The maximum Gasteiger partial charge on any atom is 0.307 e. The smallest absolute Gasteiger partial charge is 0.307 e. The lowest BCUT2D eigenvalue weighted by Gasteiger charge is -2.11. The molecule has 0 amide bonds. The number of carboxylic acids is 1. The van der Waals surface area contributed by atoms with Gasteiger partial charge in [0.25, 0.3) is 0 Å². The Bertz CT molecular complexity index is 938. The second-order valence-electron chi connectivity index (χ2n) is 6.42. The van der Waals surface area contributed by atoms with Crippen molar-refractivity contribution in [3.8, 4) is 16.9 Å². The third kappa shape index (κ3) is 4.92. The molecule has 0 fully saturated rings. The van der Waals surface area contributed by atoms with Crippen LogP contribution in [0.5, 0.6) is 5.75 Å². The third-order valence-corrected chi connectivity index (χ3v) is 4.25. The fraction of sp³-hybridized carbons (Fsp3) is 0.182. The summed E-state index contributed by atoms with van der Waals surface area (Å²) >= 11 is 0. The van der Waals surface area contributed by atoms with Crippen molar-refractivity contribution in [2.75, 3.05) is 0 Å². The largest absolute Gasteiger partial charge is 0.487 e. The molecule has 0 aliphatic heterocycles. The van der Waals surface area contributed by atoms with Gasteiger partial charge in [0.1, 0.15) is 12.4 Å². The first-order chi connectivity index (χ1) is 13.0. The highest BCUT2D eigenvalue weighted by atomic mass is 16.5. The molecule has 138 valence electrons. The van der Waals surface area contributed by atoms with Gasteiger partial charge in [0.15, 0.2) is 0 Å². The van der Waals surface area contributed by atoms with Crippen LogP contribution in [0.3, 0.4) is 0 Å². The van der Waals surface area contributed by atoms with Gasteiger partial charge in [0.2, 0.25) is 0 Å². The number of rotatable bonds is 7. The van der Waals surface area contributed by atoms with Gasteiger partial charge in [0, 0.05) is 17.8 Å². The van der Waals surface area contributed by atoms with E-state index in [0.717, 1.165) is 22.4 Å². The van der Waals surface area contributed by atoms with Crippen LogP contribution in [0.15, 0.2) is 66.9 Å². The molecule has 1 aromatic heterocycles. The molecule has 2 aromatic carbocycles. The van der Waals surface area contributed by atoms with Crippen LogP contribution in [0.25, 0.3) is 11.1 Å². The van der Waals surface area contributed by atoms with Crippen LogP contribution in [0.1, 0.15) is 29.8 Å². The zero-order valence-electron chi connectivity index (χ0n) is 15.1. The van der Waals surface area contributed by atoms with Crippen molar-refractivity contribution in [2.24, 2.45) is 5.73 Å². The van der Waals surface area contributed by atoms with Crippen molar-refractivity contribution in [1.82, 2.24) is 4.98 Å². The lowest BCUT2D eigenvalue weighted by molar-refractivity contribution is -0.136. The van der Waals surface area contributed by atoms with E-state index in [1.54, 1.807) is 24.4 Å². The quantitative estimate of drug-likeness (QED) is 0.664. The number of nitrogens with two attached hydrogens (primary N) is 1. The Morgan fingerprint density at radius 3 is 2.67 bits per heavy atom. The van der Waals surface area contributed by atoms with Crippen molar-refractivity contribution < 1.29 is 14.6 Å². The number of nitrogens with zero attached hydrogens (tertiary/aromatic N) is 1. The molecule has 0 spiro atoms. The molecule has 5 nitrogen and oxygen atoms in total. The minimum Gasteiger partial charge on any atom is -0.487 e. The number of hydrogen-bond donors (Lipinski definition) is 2. The predicted molar refractivity (Wildman–Crippen MR) is 104 cm³/mol. The summed E-state index contributed by atoms with van der Waals surface area (Å²) in [6.45, 7) is 2.22. The van der Waals surface area contributed by atoms with Crippen molar-refractivity contribution in [1.29, 1.82) is 0 Å². The minimum absolute atomic E-state index is 0.0275. The van der Waals surface area contributed by atoms with Gasteiger partial charge in [0.05, 0.1) is 12.1 Å². The SMILES string of the molecule is C[C@@H](N)c1cccc(-c2ccnc(COc3ccccc3CC(=O)O)c2)c1. The Morgan fingerprint density at radius 1 is 1.11 bits per heavy atom. The second kappa shape index (κ2) is 8.47. The topological polar surface area (TPSA) is 85.4 Å². The standard InChI is InChI=1S/C22H22N2O3/c1-15(23)16-6-4-7-17(11-16)18-9-10-24-20(12-18)14-27-21-8-3-2-5-19(21)13-22(25)26/h2-12,15H,13-14,23H2,1H3,(H,25,26)/t15-/m1/s1. The zero-order valence-corrected chi connectivity index (χ0v) is 15.1. The van der Waals surface area contributed by atoms with Crippen LogP contribution in [-0.2, 0) is 17.8 Å². The van der Waals surface area contributed by atoms with Crippen molar-refractivity contribution >= 4 is 5.97 Å².